The number of hydrogen-bond acceptors (Lipinski definition) is 11. The Kier molecular flexibility index (Phi) is 8.62. The summed E-state index contributed by atoms with van der Waals surface area (Å²) >= 11 is 5.97. The Morgan fingerprint density at radius 3 is 2.26 bits per heavy atom. The summed E-state index contributed by atoms with van der Waals surface area (Å²) in [4.78, 5) is 42.0. The monoisotopic (exact) mass is 696 g/mol. The standard InChI is InChI=1S/C37H37ClN6O6/c1-44(2)31-30(47)27(34(40)50)32(48)36(18-39)33(49)28-29(46)26-24(15-35(28,41)17-37(31,36)42)23(11-12-25(26)45)21-7-3-20(4-8-21)16-43-14-13-19-5-9-22(38)10-6-19/h3-12,31,43,45-46,48H,13-17,41-42H2,1-2H3,(H2,40,50)/t31-,35-,36+,37-/m1/s1. The van der Waals surface area contributed by atoms with Crippen LogP contribution in [0, 0.1) is 16.7 Å². The SMILES string of the molecule is CN(C)[C@@H]1C(=O)C(C(N)=O)=C(O)[C@@]2(C#N)C(=O)C3=C(O)c4c(O)ccc(-c5ccc(CNCCc6ccc(Cl)cc6)cc5)c4C[C@@]3(N)C[C@@]12N. The fourth-order valence-electron chi connectivity index (χ4n) is 8.02. The number of benzene rings is 3. The van der Waals surface area contributed by atoms with E-state index in [4.69, 9.17) is 28.8 Å². The quantitative estimate of drug-likeness (QED) is 0.134. The average molecular weight is 697 g/mol. The lowest BCUT2D eigenvalue weighted by Crippen LogP contribution is -2.80. The molecule has 13 heteroatoms. The number of nitrogens with one attached hydrogen (secondary N) is 1. The van der Waals surface area contributed by atoms with Gasteiger partial charge in [0.05, 0.1) is 34.3 Å². The normalized spacial score (nSPS) is 26.0. The summed E-state index contributed by atoms with van der Waals surface area (Å²) in [6.45, 7) is 1.37. The van der Waals surface area contributed by atoms with E-state index in [1.54, 1.807) is 12.1 Å². The smallest absolute Gasteiger partial charge is 0.255 e. The Hall–Kier alpha value is -5.03. The van der Waals surface area contributed by atoms with Crippen LogP contribution in [-0.2, 0) is 33.8 Å². The summed E-state index contributed by atoms with van der Waals surface area (Å²) < 4.78 is 0. The van der Waals surface area contributed by atoms with Crippen LogP contribution in [0.1, 0.15) is 28.7 Å². The molecule has 3 aromatic rings. The number of aliphatic hydroxyl groups is 2. The number of carbonyl (C=O) groups excluding carboxylic acids is 3. The summed E-state index contributed by atoms with van der Waals surface area (Å²) in [5.74, 6) is -5.72. The molecule has 1 fully saturated rings. The number of phenolic OH excluding ortho intramolecular Hbond substituents is 1. The van der Waals surface area contributed by atoms with Gasteiger partial charge in [-0.2, -0.15) is 5.26 Å². The molecule has 0 aromatic heterocycles. The molecule has 10 N–H and O–H groups in total. The molecule has 12 nitrogen and oxygen atoms in total. The first-order valence-corrected chi connectivity index (χ1v) is 16.3. The molecule has 3 aliphatic rings. The highest BCUT2D eigenvalue weighted by atomic mass is 35.5. The molecule has 3 aliphatic carbocycles. The molecule has 6 rings (SSSR count). The van der Waals surface area contributed by atoms with Crippen LogP contribution in [0.4, 0.5) is 0 Å². The maximum Gasteiger partial charge on any atom is 0.255 e. The number of nitrogens with zero attached hydrogens (tertiary/aromatic N) is 2. The van der Waals surface area contributed by atoms with E-state index >= 15 is 0 Å². The van der Waals surface area contributed by atoms with Crippen LogP contribution in [0.5, 0.6) is 5.75 Å². The van der Waals surface area contributed by atoms with Gasteiger partial charge >= 0.3 is 0 Å². The van der Waals surface area contributed by atoms with Crippen LogP contribution in [0.15, 0.2) is 77.6 Å². The third-order valence-electron chi connectivity index (χ3n) is 10.2. The summed E-state index contributed by atoms with van der Waals surface area (Å²) in [5.41, 5.74) is 15.3. The third kappa shape index (κ3) is 5.09. The van der Waals surface area contributed by atoms with Gasteiger partial charge in [-0.1, -0.05) is 54.1 Å². The minimum absolute atomic E-state index is 0.0629. The molecule has 0 aliphatic heterocycles. The number of aliphatic hydroxyl groups excluding tert-OH is 2. The van der Waals surface area contributed by atoms with Crippen LogP contribution in [0.25, 0.3) is 16.9 Å². The van der Waals surface area contributed by atoms with E-state index in [0.29, 0.717) is 22.7 Å². The number of primary amides is 1. The lowest BCUT2D eigenvalue weighted by atomic mass is 9.47. The van der Waals surface area contributed by atoms with E-state index in [1.807, 2.05) is 48.5 Å². The summed E-state index contributed by atoms with van der Waals surface area (Å²) in [7, 11) is 2.95. The van der Waals surface area contributed by atoms with Crippen LogP contribution in [0.3, 0.4) is 0 Å². The molecule has 4 atom stereocenters. The van der Waals surface area contributed by atoms with Crippen molar-refractivity contribution in [2.24, 2.45) is 22.6 Å². The van der Waals surface area contributed by atoms with E-state index in [0.717, 1.165) is 24.1 Å². The fraction of sp³-hybridized carbons (Fsp3) is 0.297. The van der Waals surface area contributed by atoms with Gasteiger partial charge in [0.1, 0.15) is 22.8 Å². The Labute approximate surface area is 293 Å². The van der Waals surface area contributed by atoms with E-state index in [9.17, 15) is 35.0 Å². The first kappa shape index (κ1) is 34.8. The topological polar surface area (TPSA) is 229 Å². The van der Waals surface area contributed by atoms with Crippen molar-refractivity contribution in [1.29, 1.82) is 5.26 Å². The van der Waals surface area contributed by atoms with Crippen LogP contribution < -0.4 is 22.5 Å². The summed E-state index contributed by atoms with van der Waals surface area (Å²) in [5, 5.41) is 48.9. The fourth-order valence-corrected chi connectivity index (χ4v) is 8.15. The molecule has 0 spiro atoms. The number of Topliss-reactive ketones (excluding diaryl/α,β-unsaturated/α-hetero) is 2. The van der Waals surface area contributed by atoms with Gasteiger partial charge in [0, 0.05) is 11.6 Å². The Balaban J connectivity index is 1.39. The zero-order valence-electron chi connectivity index (χ0n) is 27.5. The Morgan fingerprint density at radius 1 is 1.02 bits per heavy atom. The predicted molar refractivity (Wildman–Crippen MR) is 186 cm³/mol. The number of ketones is 2. The first-order chi connectivity index (χ1) is 23.6. The van der Waals surface area contributed by atoms with Crippen molar-refractivity contribution in [3.63, 3.8) is 0 Å². The molecule has 0 radical (unpaired) electrons. The highest BCUT2D eigenvalue weighted by molar-refractivity contribution is 6.30. The molecule has 0 heterocycles. The third-order valence-corrected chi connectivity index (χ3v) is 10.5. The molecule has 1 saturated carbocycles. The predicted octanol–water partition coefficient (Wildman–Crippen LogP) is 2.56. The number of likely N-dealkylation sites (N-methyl/N-ethyl adjacent to an activating group) is 1. The number of phenols is 1. The van der Waals surface area contributed by atoms with Gasteiger partial charge in [-0.05, 0) is 85.9 Å². The average Bonchev–Trinajstić information content (AvgIpc) is 3.03. The molecule has 258 valence electrons. The molecule has 50 heavy (non-hydrogen) atoms. The first-order valence-electron chi connectivity index (χ1n) is 15.9. The largest absolute Gasteiger partial charge is 0.509 e. The van der Waals surface area contributed by atoms with E-state index < -0.39 is 69.1 Å². The van der Waals surface area contributed by atoms with Gasteiger partial charge in [0.25, 0.3) is 5.91 Å². The Bertz CT molecular complexity index is 2050. The second kappa shape index (κ2) is 12.4. The highest BCUT2D eigenvalue weighted by Crippen LogP contribution is 2.58. The van der Waals surface area contributed by atoms with Gasteiger partial charge < -0.3 is 37.8 Å². The van der Waals surface area contributed by atoms with Crippen LogP contribution >= 0.6 is 11.6 Å². The van der Waals surface area contributed by atoms with E-state index in [1.165, 1.54) is 30.6 Å². The van der Waals surface area contributed by atoms with E-state index in [-0.39, 0.29) is 17.7 Å². The van der Waals surface area contributed by atoms with Gasteiger partial charge in [-0.3, -0.25) is 19.3 Å². The lowest BCUT2D eigenvalue weighted by Gasteiger charge is -2.58. The minimum Gasteiger partial charge on any atom is -0.509 e. The second-order valence-electron chi connectivity index (χ2n) is 13.5. The zero-order chi connectivity index (χ0) is 36.3. The summed E-state index contributed by atoms with van der Waals surface area (Å²) in [6.07, 6.45) is 0.258. The summed E-state index contributed by atoms with van der Waals surface area (Å²) in [6, 6.07) is 18.8. The number of nitrogens with two attached hydrogens (primary N) is 3. The zero-order valence-corrected chi connectivity index (χ0v) is 28.2. The Morgan fingerprint density at radius 2 is 1.66 bits per heavy atom. The molecular formula is C37H37ClN6O6. The van der Waals surface area contributed by atoms with Crippen molar-refractivity contribution >= 4 is 34.8 Å². The molecule has 0 bridgehead atoms. The van der Waals surface area contributed by atoms with Crippen molar-refractivity contribution in [3.05, 3.63) is 105 Å². The van der Waals surface area contributed by atoms with E-state index in [2.05, 4.69) is 5.32 Å². The van der Waals surface area contributed by atoms with Gasteiger partial charge in [0.2, 0.25) is 0 Å². The van der Waals surface area contributed by atoms with Crippen molar-refractivity contribution in [2.75, 3.05) is 20.6 Å². The number of rotatable bonds is 8. The molecule has 1 amide bonds. The van der Waals surface area contributed by atoms with Crippen molar-refractivity contribution in [3.8, 4) is 22.9 Å². The number of hydrogen-bond donors (Lipinski definition) is 7. The van der Waals surface area contributed by atoms with Crippen LogP contribution in [-0.4, -0.2) is 75.5 Å². The molecule has 0 saturated heterocycles. The number of aromatic hydroxyl groups is 1. The molecule has 0 unspecified atom stereocenters. The lowest BCUT2D eigenvalue weighted by molar-refractivity contribution is -0.139. The van der Waals surface area contributed by atoms with Gasteiger partial charge in [0.15, 0.2) is 17.0 Å². The van der Waals surface area contributed by atoms with Crippen LogP contribution in [0.2, 0.25) is 5.02 Å². The van der Waals surface area contributed by atoms with Gasteiger partial charge in [-0.15, -0.1) is 0 Å². The number of nitriles is 1. The number of fused-ring (bicyclic) bond motifs is 3. The maximum atomic E-state index is 14.6. The maximum absolute atomic E-state index is 14.6. The highest BCUT2D eigenvalue weighted by Gasteiger charge is 2.74. The minimum atomic E-state index is -2.71. The number of amides is 1. The van der Waals surface area contributed by atoms with Crippen molar-refractivity contribution in [1.82, 2.24) is 10.2 Å². The number of carbonyl (C=O) groups is 3. The van der Waals surface area contributed by atoms with Crippen molar-refractivity contribution < 1.29 is 29.7 Å². The second-order valence-corrected chi connectivity index (χ2v) is 14.0. The number of halogens is 1. The molecular weight excluding hydrogens is 660 g/mol. The van der Waals surface area contributed by atoms with Gasteiger partial charge in [-0.25, -0.2) is 0 Å². The van der Waals surface area contributed by atoms with Crippen molar-refractivity contribution in [2.45, 2.75) is 42.9 Å². The molecule has 3 aromatic carbocycles.